The molecule has 0 amide bonds. The molecule has 1 saturated carbocycles. The topological polar surface area (TPSA) is 92.8 Å². The highest BCUT2D eigenvalue weighted by Crippen LogP contribution is 2.46. The molecular weight excluding hydrogens is 388 g/mol. The molecule has 2 aliphatic rings. The van der Waals surface area contributed by atoms with Crippen LogP contribution in [0.5, 0.6) is 0 Å². The molecule has 0 aromatic heterocycles. The fraction of sp³-hybridized carbons (Fsp3) is 0.667. The molecule has 2 fully saturated rings. The smallest absolute Gasteiger partial charge is 0.222 e. The Morgan fingerprint density at radius 2 is 1.85 bits per heavy atom. The van der Waals surface area contributed by atoms with Gasteiger partial charge in [0.15, 0.2) is 0 Å². The van der Waals surface area contributed by atoms with Crippen LogP contribution in [-0.2, 0) is 31.4 Å². The Hall–Kier alpha value is -1.00. The Morgan fingerprint density at radius 3 is 2.48 bits per heavy atom. The maximum Gasteiger partial charge on any atom is 0.222 e. The maximum absolute atomic E-state index is 13.3. The molecule has 0 spiro atoms. The van der Waals surface area contributed by atoms with E-state index in [4.69, 9.17) is 4.74 Å². The highest BCUT2D eigenvalue weighted by molar-refractivity contribution is 7.91. The first-order chi connectivity index (χ1) is 12.7. The lowest BCUT2D eigenvalue weighted by molar-refractivity contribution is 0.113. The fourth-order valence-corrected chi connectivity index (χ4v) is 6.32. The molecule has 1 N–H and O–H groups in total. The molecule has 27 heavy (non-hydrogen) atoms. The van der Waals surface area contributed by atoms with Crippen LogP contribution in [0.25, 0.3) is 0 Å². The fourth-order valence-electron chi connectivity index (χ4n) is 3.54. The molecule has 1 unspecified atom stereocenters. The third-order valence-corrected chi connectivity index (χ3v) is 8.70. The van der Waals surface area contributed by atoms with Gasteiger partial charge in [-0.1, -0.05) is 36.8 Å². The Morgan fingerprint density at radius 1 is 1.15 bits per heavy atom. The highest BCUT2D eigenvalue weighted by atomic mass is 32.2. The van der Waals surface area contributed by atoms with Crippen molar-refractivity contribution in [2.45, 2.75) is 49.5 Å². The van der Waals surface area contributed by atoms with Crippen molar-refractivity contribution in [1.82, 2.24) is 9.03 Å². The van der Waals surface area contributed by atoms with Crippen molar-refractivity contribution in [1.29, 1.82) is 0 Å². The zero-order valence-electron chi connectivity index (χ0n) is 15.6. The van der Waals surface area contributed by atoms with E-state index in [1.54, 1.807) is 0 Å². The number of benzene rings is 1. The molecule has 1 aromatic rings. The van der Waals surface area contributed by atoms with Crippen LogP contribution in [0.4, 0.5) is 0 Å². The van der Waals surface area contributed by atoms with Crippen molar-refractivity contribution >= 4 is 20.0 Å². The van der Waals surface area contributed by atoms with Crippen LogP contribution >= 0.6 is 0 Å². The third-order valence-electron chi connectivity index (χ3n) is 5.29. The van der Waals surface area contributed by atoms with Crippen molar-refractivity contribution < 1.29 is 21.6 Å². The van der Waals surface area contributed by atoms with E-state index in [0.29, 0.717) is 32.4 Å². The maximum atomic E-state index is 13.3. The molecule has 7 nitrogen and oxygen atoms in total. The van der Waals surface area contributed by atoms with Gasteiger partial charge in [0.1, 0.15) is 4.75 Å². The van der Waals surface area contributed by atoms with Crippen molar-refractivity contribution in [3.8, 4) is 0 Å². The average Bonchev–Trinajstić information content (AvgIpc) is 3.42. The van der Waals surface area contributed by atoms with E-state index in [9.17, 15) is 16.8 Å². The molecule has 1 heterocycles. The van der Waals surface area contributed by atoms with Crippen LogP contribution in [0.2, 0.25) is 0 Å². The predicted molar refractivity (Wildman–Crippen MR) is 104 cm³/mol. The van der Waals surface area contributed by atoms with Crippen molar-refractivity contribution in [2.24, 2.45) is 0 Å². The molecule has 9 heteroatoms. The second-order valence-electron chi connectivity index (χ2n) is 7.55. The zero-order valence-corrected chi connectivity index (χ0v) is 17.3. The summed E-state index contributed by atoms with van der Waals surface area (Å²) in [6.45, 7) is 1.13. The van der Waals surface area contributed by atoms with Gasteiger partial charge in [-0.2, -0.15) is 4.31 Å². The Bertz CT molecular complexity index is 836. The monoisotopic (exact) mass is 416 g/mol. The van der Waals surface area contributed by atoms with Gasteiger partial charge < -0.3 is 4.74 Å². The highest BCUT2D eigenvalue weighted by Gasteiger charge is 2.58. The van der Waals surface area contributed by atoms with E-state index in [1.807, 2.05) is 30.3 Å². The largest absolute Gasteiger partial charge is 0.375 e. The molecule has 1 atom stereocenters. The van der Waals surface area contributed by atoms with E-state index in [2.05, 4.69) is 4.72 Å². The van der Waals surface area contributed by atoms with Gasteiger partial charge in [-0.05, 0) is 31.2 Å². The van der Waals surface area contributed by atoms with Crippen LogP contribution < -0.4 is 4.72 Å². The number of sulfonamides is 2. The van der Waals surface area contributed by atoms with Gasteiger partial charge in [-0.15, -0.1) is 0 Å². The van der Waals surface area contributed by atoms with Gasteiger partial charge in [0.2, 0.25) is 20.0 Å². The van der Waals surface area contributed by atoms with E-state index < -0.39 is 24.8 Å². The van der Waals surface area contributed by atoms with E-state index in [0.717, 1.165) is 24.7 Å². The normalized spacial score (nSPS) is 23.2. The van der Waals surface area contributed by atoms with Gasteiger partial charge in [0.25, 0.3) is 0 Å². The predicted octanol–water partition coefficient (Wildman–Crippen LogP) is 1.47. The first kappa shape index (κ1) is 20.7. The average molecular weight is 417 g/mol. The molecule has 1 aliphatic heterocycles. The quantitative estimate of drug-likeness (QED) is 0.658. The molecule has 0 radical (unpaired) electrons. The summed E-state index contributed by atoms with van der Waals surface area (Å²) in [5.41, 5.74) is 1.01. The summed E-state index contributed by atoms with van der Waals surface area (Å²) in [6, 6.07) is 9.35. The van der Waals surface area contributed by atoms with Crippen LogP contribution in [0, 0.1) is 0 Å². The summed E-state index contributed by atoms with van der Waals surface area (Å²) in [4.78, 5) is 0. The lowest BCUT2D eigenvalue weighted by Crippen LogP contribution is -2.53. The minimum absolute atomic E-state index is 0.124. The molecular formula is C18H28N2O5S2. The van der Waals surface area contributed by atoms with Gasteiger partial charge >= 0.3 is 0 Å². The lowest BCUT2D eigenvalue weighted by Gasteiger charge is -2.37. The number of nitrogens with one attached hydrogen (secondary N) is 1. The van der Waals surface area contributed by atoms with Gasteiger partial charge in [0.05, 0.1) is 19.5 Å². The summed E-state index contributed by atoms with van der Waals surface area (Å²) in [6.07, 6.45) is 4.64. The molecule has 152 valence electrons. The number of nitrogens with zero attached hydrogens (tertiary/aromatic N) is 1. The van der Waals surface area contributed by atoms with E-state index in [1.165, 1.54) is 4.31 Å². The summed E-state index contributed by atoms with van der Waals surface area (Å²) in [5, 5.41) is 0. The summed E-state index contributed by atoms with van der Waals surface area (Å²) in [7, 11) is -6.90. The lowest BCUT2D eigenvalue weighted by atomic mass is 10.1. The van der Waals surface area contributed by atoms with E-state index >= 15 is 0 Å². The van der Waals surface area contributed by atoms with Crippen molar-refractivity contribution in [3.63, 3.8) is 0 Å². The molecule has 1 aromatic carbocycles. The van der Waals surface area contributed by atoms with Crippen molar-refractivity contribution in [3.05, 3.63) is 35.9 Å². The minimum atomic E-state index is -3.55. The van der Waals surface area contributed by atoms with Gasteiger partial charge in [-0.3, -0.25) is 0 Å². The van der Waals surface area contributed by atoms with Crippen LogP contribution in [0.1, 0.15) is 37.7 Å². The van der Waals surface area contributed by atoms with Crippen LogP contribution in [0.3, 0.4) is 0 Å². The number of ether oxygens (including phenoxy) is 1. The third kappa shape index (κ3) is 5.08. The van der Waals surface area contributed by atoms with Crippen LogP contribution in [0.15, 0.2) is 30.3 Å². The van der Waals surface area contributed by atoms with Gasteiger partial charge in [0, 0.05) is 19.1 Å². The Balaban J connectivity index is 1.65. The summed E-state index contributed by atoms with van der Waals surface area (Å²) < 4.78 is 58.3. The van der Waals surface area contributed by atoms with E-state index in [-0.39, 0.29) is 19.2 Å². The minimum Gasteiger partial charge on any atom is -0.375 e. The second-order valence-corrected chi connectivity index (χ2v) is 11.7. The number of rotatable bonds is 9. The standard InChI is InChI=1S/C18H28N2O5S2/c1-26(21,22)19-13-17-9-5-6-12-20(17)27(23,24)18(10-11-18)15-25-14-16-7-3-2-4-8-16/h2-4,7-8,17,19H,5-6,9-15H2,1H3. The zero-order chi connectivity index (χ0) is 19.5. The molecule has 3 rings (SSSR count). The molecule has 1 aliphatic carbocycles. The number of hydrogen-bond acceptors (Lipinski definition) is 5. The summed E-state index contributed by atoms with van der Waals surface area (Å²) >= 11 is 0. The van der Waals surface area contributed by atoms with Crippen LogP contribution in [-0.4, -0.2) is 57.9 Å². The molecule has 0 bridgehead atoms. The Labute approximate surface area is 162 Å². The Kier molecular flexibility index (Phi) is 6.27. The number of piperidine rings is 1. The number of hydrogen-bond donors (Lipinski definition) is 1. The van der Waals surface area contributed by atoms with Crippen molar-refractivity contribution in [2.75, 3.05) is 26.0 Å². The summed E-state index contributed by atoms with van der Waals surface area (Å²) in [5.74, 6) is 0. The molecule has 1 saturated heterocycles. The SMILES string of the molecule is CS(=O)(=O)NCC1CCCCN1S(=O)(=O)C1(COCc2ccccc2)CC1. The first-order valence-electron chi connectivity index (χ1n) is 9.31. The van der Waals surface area contributed by atoms with Gasteiger partial charge in [-0.25, -0.2) is 21.6 Å². The first-order valence-corrected chi connectivity index (χ1v) is 12.6. The second kappa shape index (κ2) is 8.16.